The number of halogens is 1. The summed E-state index contributed by atoms with van der Waals surface area (Å²) < 4.78 is 6.41. The lowest BCUT2D eigenvalue weighted by atomic mass is 10.3. The summed E-state index contributed by atoms with van der Waals surface area (Å²) >= 11 is 3.33. The van der Waals surface area contributed by atoms with Gasteiger partial charge in [-0.05, 0) is 30.7 Å². The first-order valence-corrected chi connectivity index (χ1v) is 6.74. The van der Waals surface area contributed by atoms with Crippen LogP contribution in [0.2, 0.25) is 0 Å². The van der Waals surface area contributed by atoms with E-state index in [1.807, 2.05) is 31.2 Å². The number of carbonyl (C=O) groups is 1. The van der Waals surface area contributed by atoms with Gasteiger partial charge in [-0.3, -0.25) is 4.79 Å². The number of aliphatic hydroxyl groups is 1. The molecule has 0 bridgehead atoms. The zero-order valence-electron chi connectivity index (χ0n) is 10.4. The summed E-state index contributed by atoms with van der Waals surface area (Å²) in [5.41, 5.74) is 0. The van der Waals surface area contributed by atoms with Crippen LogP contribution in [0.15, 0.2) is 28.7 Å². The molecule has 1 unspecified atom stereocenters. The van der Waals surface area contributed by atoms with Crippen molar-refractivity contribution in [3.63, 3.8) is 0 Å². The van der Waals surface area contributed by atoms with Gasteiger partial charge < -0.3 is 15.2 Å². The zero-order valence-corrected chi connectivity index (χ0v) is 11.9. The summed E-state index contributed by atoms with van der Waals surface area (Å²) in [5, 5.41) is 11.9. The number of amides is 1. The highest BCUT2D eigenvalue weighted by Crippen LogP contribution is 2.16. The Bertz CT molecular complexity index is 367. The first-order chi connectivity index (χ1) is 8.61. The number of rotatable bonds is 7. The van der Waals surface area contributed by atoms with E-state index >= 15 is 0 Å². The Kier molecular flexibility index (Phi) is 6.75. The highest BCUT2D eigenvalue weighted by atomic mass is 79.9. The van der Waals surface area contributed by atoms with E-state index in [9.17, 15) is 9.90 Å². The van der Waals surface area contributed by atoms with Gasteiger partial charge in [-0.15, -0.1) is 0 Å². The maximum atomic E-state index is 11.4. The molecule has 1 rings (SSSR count). The van der Waals surface area contributed by atoms with Crippen molar-refractivity contribution in [1.29, 1.82) is 0 Å². The third-order valence-corrected chi connectivity index (χ3v) is 2.95. The number of ether oxygens (including phenoxy) is 1. The molecule has 100 valence electrons. The van der Waals surface area contributed by atoms with Crippen LogP contribution < -0.4 is 10.1 Å². The molecule has 0 spiro atoms. The number of aliphatic hydroxyl groups excluding tert-OH is 1. The molecule has 0 aromatic heterocycles. The predicted octanol–water partition coefficient (Wildman–Crippen LogP) is 2.11. The Morgan fingerprint density at radius 3 is 2.72 bits per heavy atom. The fourth-order valence-corrected chi connectivity index (χ4v) is 1.52. The smallest absolute Gasteiger partial charge is 0.223 e. The van der Waals surface area contributed by atoms with Crippen LogP contribution in [0.5, 0.6) is 5.75 Å². The van der Waals surface area contributed by atoms with Crippen LogP contribution in [0.25, 0.3) is 0 Å². The lowest BCUT2D eigenvalue weighted by molar-refractivity contribution is -0.122. The van der Waals surface area contributed by atoms with Gasteiger partial charge in [0.15, 0.2) is 0 Å². The predicted molar refractivity (Wildman–Crippen MR) is 73.6 cm³/mol. The van der Waals surface area contributed by atoms with E-state index < -0.39 is 6.10 Å². The summed E-state index contributed by atoms with van der Waals surface area (Å²) in [6.07, 6.45) is 0.448. The SMILES string of the molecule is CCC(O)CNC(=O)CCOc1ccc(Br)cc1. The van der Waals surface area contributed by atoms with Crippen molar-refractivity contribution >= 4 is 21.8 Å². The molecule has 2 N–H and O–H groups in total. The highest BCUT2D eigenvalue weighted by Gasteiger charge is 2.05. The Morgan fingerprint density at radius 1 is 1.44 bits per heavy atom. The van der Waals surface area contributed by atoms with Crippen LogP contribution >= 0.6 is 15.9 Å². The van der Waals surface area contributed by atoms with Gasteiger partial charge in [0.1, 0.15) is 5.75 Å². The van der Waals surface area contributed by atoms with Crippen molar-refractivity contribution in [2.24, 2.45) is 0 Å². The van der Waals surface area contributed by atoms with Crippen molar-refractivity contribution in [3.05, 3.63) is 28.7 Å². The second kappa shape index (κ2) is 8.11. The van der Waals surface area contributed by atoms with E-state index in [1.54, 1.807) is 0 Å². The van der Waals surface area contributed by atoms with Gasteiger partial charge in [0.05, 0.1) is 19.1 Å². The fourth-order valence-electron chi connectivity index (χ4n) is 1.26. The molecule has 1 atom stereocenters. The fraction of sp³-hybridized carbons (Fsp3) is 0.462. The molecule has 0 radical (unpaired) electrons. The second-order valence-corrected chi connectivity index (χ2v) is 4.83. The molecule has 0 saturated carbocycles. The van der Waals surface area contributed by atoms with Crippen molar-refractivity contribution in [2.75, 3.05) is 13.2 Å². The van der Waals surface area contributed by atoms with Crippen LogP contribution in [0.3, 0.4) is 0 Å². The average Bonchev–Trinajstić information content (AvgIpc) is 2.38. The van der Waals surface area contributed by atoms with Crippen LogP contribution in [0, 0.1) is 0 Å². The van der Waals surface area contributed by atoms with E-state index in [4.69, 9.17) is 4.74 Å². The van der Waals surface area contributed by atoms with E-state index in [0.717, 1.165) is 10.2 Å². The lowest BCUT2D eigenvalue weighted by Gasteiger charge is -2.10. The van der Waals surface area contributed by atoms with Gasteiger partial charge in [0, 0.05) is 11.0 Å². The molecular formula is C13H18BrNO3. The standard InChI is InChI=1S/C13H18BrNO3/c1-2-11(16)9-15-13(17)7-8-18-12-5-3-10(14)4-6-12/h3-6,11,16H,2,7-9H2,1H3,(H,15,17). The zero-order chi connectivity index (χ0) is 13.4. The summed E-state index contributed by atoms with van der Waals surface area (Å²) in [4.78, 5) is 11.4. The second-order valence-electron chi connectivity index (χ2n) is 3.92. The summed E-state index contributed by atoms with van der Waals surface area (Å²) in [6, 6.07) is 7.44. The molecule has 1 aromatic rings. The number of hydrogen-bond donors (Lipinski definition) is 2. The molecule has 0 aliphatic carbocycles. The lowest BCUT2D eigenvalue weighted by Crippen LogP contribution is -2.32. The van der Waals surface area contributed by atoms with Crippen LogP contribution in [0.1, 0.15) is 19.8 Å². The Balaban J connectivity index is 2.17. The Morgan fingerprint density at radius 2 is 2.11 bits per heavy atom. The van der Waals surface area contributed by atoms with Crippen molar-refractivity contribution < 1.29 is 14.6 Å². The van der Waals surface area contributed by atoms with Crippen molar-refractivity contribution in [3.8, 4) is 5.75 Å². The Labute approximate surface area is 115 Å². The first kappa shape index (κ1) is 15.0. The third-order valence-electron chi connectivity index (χ3n) is 2.42. The van der Waals surface area contributed by atoms with Gasteiger partial charge in [-0.25, -0.2) is 0 Å². The minimum Gasteiger partial charge on any atom is -0.493 e. The van der Waals surface area contributed by atoms with Crippen LogP contribution in [-0.4, -0.2) is 30.3 Å². The van der Waals surface area contributed by atoms with Gasteiger partial charge in [0.2, 0.25) is 5.91 Å². The van der Waals surface area contributed by atoms with Crippen LogP contribution in [-0.2, 0) is 4.79 Å². The van der Waals surface area contributed by atoms with Gasteiger partial charge in [-0.1, -0.05) is 22.9 Å². The van der Waals surface area contributed by atoms with E-state index in [0.29, 0.717) is 19.6 Å². The van der Waals surface area contributed by atoms with E-state index in [1.165, 1.54) is 0 Å². The summed E-state index contributed by atoms with van der Waals surface area (Å²) in [7, 11) is 0. The number of carbonyl (C=O) groups excluding carboxylic acids is 1. The van der Waals surface area contributed by atoms with Crippen molar-refractivity contribution in [1.82, 2.24) is 5.32 Å². The molecule has 4 nitrogen and oxygen atoms in total. The molecule has 1 amide bonds. The molecular weight excluding hydrogens is 298 g/mol. The molecule has 0 saturated heterocycles. The number of benzene rings is 1. The molecule has 0 heterocycles. The normalized spacial score (nSPS) is 11.9. The molecule has 0 fully saturated rings. The molecule has 1 aromatic carbocycles. The van der Waals surface area contributed by atoms with Gasteiger partial charge in [-0.2, -0.15) is 0 Å². The maximum absolute atomic E-state index is 11.4. The molecule has 18 heavy (non-hydrogen) atoms. The quantitative estimate of drug-likeness (QED) is 0.810. The minimum absolute atomic E-state index is 0.111. The van der Waals surface area contributed by atoms with Crippen molar-refractivity contribution in [2.45, 2.75) is 25.9 Å². The molecule has 5 heteroatoms. The highest BCUT2D eigenvalue weighted by molar-refractivity contribution is 9.10. The van der Waals surface area contributed by atoms with Gasteiger partial charge >= 0.3 is 0 Å². The topological polar surface area (TPSA) is 58.6 Å². The Hall–Kier alpha value is -1.07. The average molecular weight is 316 g/mol. The summed E-state index contributed by atoms with van der Waals surface area (Å²) in [6.45, 7) is 2.50. The summed E-state index contributed by atoms with van der Waals surface area (Å²) in [5.74, 6) is 0.624. The molecule has 0 aliphatic heterocycles. The maximum Gasteiger partial charge on any atom is 0.223 e. The largest absolute Gasteiger partial charge is 0.493 e. The number of hydrogen-bond acceptors (Lipinski definition) is 3. The molecule has 0 aliphatic rings. The van der Waals surface area contributed by atoms with Crippen LogP contribution in [0.4, 0.5) is 0 Å². The van der Waals surface area contributed by atoms with Gasteiger partial charge in [0.25, 0.3) is 0 Å². The van der Waals surface area contributed by atoms with E-state index in [-0.39, 0.29) is 12.3 Å². The monoisotopic (exact) mass is 315 g/mol. The van der Waals surface area contributed by atoms with E-state index in [2.05, 4.69) is 21.2 Å². The number of nitrogens with one attached hydrogen (secondary N) is 1. The first-order valence-electron chi connectivity index (χ1n) is 5.95. The third kappa shape index (κ3) is 6.02. The minimum atomic E-state index is -0.471.